The lowest BCUT2D eigenvalue weighted by atomic mass is 10.1. The maximum absolute atomic E-state index is 12.4. The topological polar surface area (TPSA) is 111 Å². The van der Waals surface area contributed by atoms with Gasteiger partial charge in [-0.05, 0) is 47.5 Å². The predicted molar refractivity (Wildman–Crippen MR) is 119 cm³/mol. The van der Waals surface area contributed by atoms with Crippen molar-refractivity contribution >= 4 is 17.3 Å². The molecule has 31 heavy (non-hydrogen) atoms. The van der Waals surface area contributed by atoms with Crippen LogP contribution in [0.2, 0.25) is 0 Å². The number of hydrazone groups is 1. The molecule has 0 spiro atoms. The van der Waals surface area contributed by atoms with Gasteiger partial charge in [0.1, 0.15) is 0 Å². The Hall–Kier alpha value is -4.33. The second kappa shape index (κ2) is 9.00. The number of hydrogen-bond acceptors (Lipinski definition) is 6. The molecule has 4 rings (SSSR count). The van der Waals surface area contributed by atoms with Gasteiger partial charge >= 0.3 is 0 Å². The van der Waals surface area contributed by atoms with Crippen molar-refractivity contribution < 1.29 is 4.79 Å². The molecule has 154 valence electrons. The summed E-state index contributed by atoms with van der Waals surface area (Å²) in [7, 11) is 0. The minimum Gasteiger partial charge on any atom is -0.399 e. The first kappa shape index (κ1) is 20.0. The minimum absolute atomic E-state index is 0.286. The lowest BCUT2D eigenvalue weighted by molar-refractivity contribution is 0.0955. The van der Waals surface area contributed by atoms with Crippen molar-refractivity contribution in [2.24, 2.45) is 5.10 Å². The van der Waals surface area contributed by atoms with Gasteiger partial charge in [0, 0.05) is 16.8 Å². The van der Waals surface area contributed by atoms with Crippen LogP contribution in [0.15, 0.2) is 84.0 Å². The van der Waals surface area contributed by atoms with E-state index in [0.29, 0.717) is 29.3 Å². The molecule has 0 saturated heterocycles. The second-order valence-electron chi connectivity index (χ2n) is 6.97. The number of nitrogens with zero attached hydrogens (tertiary/aromatic N) is 5. The summed E-state index contributed by atoms with van der Waals surface area (Å²) >= 11 is 0. The van der Waals surface area contributed by atoms with Gasteiger partial charge in [0.05, 0.1) is 12.3 Å². The van der Waals surface area contributed by atoms with Gasteiger partial charge in [-0.15, -0.1) is 10.2 Å². The third-order valence-electron chi connectivity index (χ3n) is 4.68. The van der Waals surface area contributed by atoms with Crippen molar-refractivity contribution in [3.63, 3.8) is 0 Å². The summed E-state index contributed by atoms with van der Waals surface area (Å²) in [6.45, 7) is 2.28. The van der Waals surface area contributed by atoms with Crippen LogP contribution < -0.4 is 11.2 Å². The molecule has 0 unspecified atom stereocenters. The Balaban J connectivity index is 1.38. The Morgan fingerprint density at radius 1 is 0.968 bits per heavy atom. The zero-order chi connectivity index (χ0) is 21.6. The highest BCUT2D eigenvalue weighted by Crippen LogP contribution is 2.13. The van der Waals surface area contributed by atoms with Crippen LogP contribution in [0.5, 0.6) is 0 Å². The van der Waals surface area contributed by atoms with Crippen molar-refractivity contribution in [2.45, 2.75) is 13.5 Å². The fourth-order valence-corrected chi connectivity index (χ4v) is 2.93. The number of nitrogens with one attached hydrogen (secondary N) is 1. The maximum atomic E-state index is 12.4. The van der Waals surface area contributed by atoms with Gasteiger partial charge in [-0.2, -0.15) is 9.90 Å². The van der Waals surface area contributed by atoms with E-state index in [0.717, 1.165) is 16.7 Å². The molecule has 1 heterocycles. The molecule has 3 N–H and O–H groups in total. The summed E-state index contributed by atoms with van der Waals surface area (Å²) in [6.07, 6.45) is 0. The number of benzene rings is 3. The summed E-state index contributed by atoms with van der Waals surface area (Å²) in [5.41, 5.74) is 12.9. The van der Waals surface area contributed by atoms with Crippen molar-refractivity contribution in [1.29, 1.82) is 0 Å². The van der Waals surface area contributed by atoms with E-state index in [1.165, 1.54) is 4.80 Å². The fraction of sp³-hybridized carbons (Fsp3) is 0.0870. The Morgan fingerprint density at radius 2 is 1.65 bits per heavy atom. The lowest BCUT2D eigenvalue weighted by Crippen LogP contribution is -2.19. The first-order chi connectivity index (χ1) is 15.1. The fourth-order valence-electron chi connectivity index (χ4n) is 2.93. The third-order valence-corrected chi connectivity index (χ3v) is 4.68. The molecule has 0 fully saturated rings. The van der Waals surface area contributed by atoms with Crippen LogP contribution in [-0.2, 0) is 6.54 Å². The van der Waals surface area contributed by atoms with E-state index in [1.54, 1.807) is 24.3 Å². The molecule has 0 radical (unpaired) electrons. The van der Waals surface area contributed by atoms with Crippen molar-refractivity contribution in [1.82, 2.24) is 25.6 Å². The van der Waals surface area contributed by atoms with Gasteiger partial charge in [0.2, 0.25) is 5.82 Å². The van der Waals surface area contributed by atoms with Crippen LogP contribution in [0.4, 0.5) is 5.69 Å². The standard InChI is InChI=1S/C23H21N7O/c1-16(18-11-13-21(24)14-12-18)25-27-23(31)20-9-7-17(8-10-20)15-30-28-22(26-29-30)19-5-3-2-4-6-19/h2-14H,15,24H2,1H3,(H,27,31)/b25-16-. The summed E-state index contributed by atoms with van der Waals surface area (Å²) in [4.78, 5) is 13.9. The number of amides is 1. The van der Waals surface area contributed by atoms with E-state index in [9.17, 15) is 4.79 Å². The first-order valence-corrected chi connectivity index (χ1v) is 9.71. The number of nitrogen functional groups attached to an aromatic ring is 1. The van der Waals surface area contributed by atoms with Crippen LogP contribution in [0.3, 0.4) is 0 Å². The number of hydrogen-bond donors (Lipinski definition) is 2. The smallest absolute Gasteiger partial charge is 0.271 e. The average Bonchev–Trinajstić information content (AvgIpc) is 3.27. The summed E-state index contributed by atoms with van der Waals surface area (Å²) in [5.74, 6) is 0.289. The average molecular weight is 411 g/mol. The van der Waals surface area contributed by atoms with Gasteiger partial charge in [0.25, 0.3) is 5.91 Å². The highest BCUT2D eigenvalue weighted by atomic mass is 16.2. The number of tetrazole rings is 1. The Morgan fingerprint density at radius 3 is 2.35 bits per heavy atom. The number of carbonyl (C=O) groups excluding carboxylic acids is 1. The largest absolute Gasteiger partial charge is 0.399 e. The monoisotopic (exact) mass is 411 g/mol. The normalized spacial score (nSPS) is 11.3. The van der Waals surface area contributed by atoms with E-state index in [2.05, 4.69) is 25.9 Å². The molecule has 3 aromatic carbocycles. The van der Waals surface area contributed by atoms with E-state index in [4.69, 9.17) is 5.73 Å². The quantitative estimate of drug-likeness (QED) is 0.288. The van der Waals surface area contributed by atoms with E-state index in [1.807, 2.05) is 61.5 Å². The van der Waals surface area contributed by atoms with E-state index < -0.39 is 0 Å². The molecule has 8 heteroatoms. The molecular formula is C23H21N7O. The molecule has 8 nitrogen and oxygen atoms in total. The molecule has 1 aromatic heterocycles. The zero-order valence-electron chi connectivity index (χ0n) is 16.9. The first-order valence-electron chi connectivity index (χ1n) is 9.71. The van der Waals surface area contributed by atoms with Gasteiger partial charge in [0.15, 0.2) is 0 Å². The van der Waals surface area contributed by atoms with Crippen LogP contribution in [0, 0.1) is 0 Å². The van der Waals surface area contributed by atoms with Crippen LogP contribution >= 0.6 is 0 Å². The van der Waals surface area contributed by atoms with Gasteiger partial charge in [-0.1, -0.05) is 54.6 Å². The van der Waals surface area contributed by atoms with Gasteiger partial charge < -0.3 is 5.73 Å². The third kappa shape index (κ3) is 4.99. The summed E-state index contributed by atoms with van der Waals surface area (Å²) in [5, 5.41) is 16.8. The highest BCUT2D eigenvalue weighted by molar-refractivity contribution is 6.01. The van der Waals surface area contributed by atoms with Crippen molar-refractivity contribution in [3.8, 4) is 11.4 Å². The maximum Gasteiger partial charge on any atom is 0.271 e. The Bertz CT molecular complexity index is 1200. The number of anilines is 1. The molecular weight excluding hydrogens is 390 g/mol. The molecule has 0 aliphatic rings. The number of rotatable bonds is 6. The van der Waals surface area contributed by atoms with Gasteiger partial charge in [-0.25, -0.2) is 5.43 Å². The molecule has 0 atom stereocenters. The molecule has 0 aliphatic heterocycles. The number of nitrogens with two attached hydrogens (primary N) is 1. The van der Waals surface area contributed by atoms with Crippen LogP contribution in [0.1, 0.15) is 28.4 Å². The van der Waals surface area contributed by atoms with Crippen molar-refractivity contribution in [3.05, 3.63) is 95.6 Å². The van der Waals surface area contributed by atoms with E-state index >= 15 is 0 Å². The van der Waals surface area contributed by atoms with Crippen LogP contribution in [0.25, 0.3) is 11.4 Å². The van der Waals surface area contributed by atoms with E-state index in [-0.39, 0.29) is 5.91 Å². The molecule has 0 bridgehead atoms. The predicted octanol–water partition coefficient (Wildman–Crippen LogP) is 3.12. The summed E-state index contributed by atoms with van der Waals surface area (Å²) < 4.78 is 0. The van der Waals surface area contributed by atoms with Crippen LogP contribution in [-0.4, -0.2) is 31.8 Å². The molecule has 1 amide bonds. The molecule has 0 aliphatic carbocycles. The SMILES string of the molecule is C/C(=N/NC(=O)c1ccc(Cn2nnc(-c3ccccc3)n2)cc1)c1ccc(N)cc1. The van der Waals surface area contributed by atoms with Crippen molar-refractivity contribution in [2.75, 3.05) is 5.73 Å². The molecule has 4 aromatic rings. The summed E-state index contributed by atoms with van der Waals surface area (Å²) in [6, 6.07) is 24.2. The Kier molecular flexibility index (Phi) is 5.79. The number of aromatic nitrogens is 4. The Labute approximate surface area is 179 Å². The zero-order valence-corrected chi connectivity index (χ0v) is 16.9. The highest BCUT2D eigenvalue weighted by Gasteiger charge is 2.08. The number of carbonyl (C=O) groups is 1. The lowest BCUT2D eigenvalue weighted by Gasteiger charge is -2.05. The van der Waals surface area contributed by atoms with Gasteiger partial charge in [-0.3, -0.25) is 4.79 Å². The second-order valence-corrected chi connectivity index (χ2v) is 6.97. The molecule has 0 saturated carbocycles. The minimum atomic E-state index is -0.286.